The maximum absolute atomic E-state index is 12.8. The molecule has 11 heteroatoms. The average molecular weight is 468 g/mol. The third-order valence-corrected chi connectivity index (χ3v) is 7.57. The van der Waals surface area contributed by atoms with Gasteiger partial charge >= 0.3 is 0 Å². The molecule has 0 fully saturated rings. The standard InChI is InChI=1S/C20H25N3O6S2/c1-23-19-10-14(12-24)8-9-16(19)18(13-31(23,28)29)21-20(25)11-17(22-30(2,26)27)15-6-4-3-5-7-15/h3-10,17-18,22,24H,11-13H2,1-2H3,(H,21,25). The maximum Gasteiger partial charge on any atom is 0.237 e. The summed E-state index contributed by atoms with van der Waals surface area (Å²) in [6.45, 7) is -0.242. The molecule has 0 aromatic heterocycles. The number of carbonyl (C=O) groups is 1. The molecule has 3 rings (SSSR count). The van der Waals surface area contributed by atoms with E-state index in [1.807, 2.05) is 0 Å². The second-order valence-electron chi connectivity index (χ2n) is 7.47. The minimum atomic E-state index is -3.68. The van der Waals surface area contributed by atoms with E-state index in [4.69, 9.17) is 0 Å². The summed E-state index contributed by atoms with van der Waals surface area (Å²) in [6, 6.07) is 12.0. The number of aliphatic hydroxyl groups is 1. The summed E-state index contributed by atoms with van der Waals surface area (Å²) in [5.74, 6) is -0.817. The van der Waals surface area contributed by atoms with Gasteiger partial charge in [0.05, 0.1) is 36.4 Å². The van der Waals surface area contributed by atoms with Gasteiger partial charge in [0.2, 0.25) is 26.0 Å². The van der Waals surface area contributed by atoms with E-state index in [2.05, 4.69) is 10.0 Å². The highest BCUT2D eigenvalue weighted by Crippen LogP contribution is 2.35. The van der Waals surface area contributed by atoms with Crippen LogP contribution in [0.15, 0.2) is 48.5 Å². The van der Waals surface area contributed by atoms with Crippen molar-refractivity contribution >= 4 is 31.6 Å². The molecular weight excluding hydrogens is 442 g/mol. The summed E-state index contributed by atoms with van der Waals surface area (Å²) >= 11 is 0. The van der Waals surface area contributed by atoms with Crippen molar-refractivity contribution in [2.75, 3.05) is 23.4 Å². The third-order valence-electron chi connectivity index (χ3n) is 5.07. The smallest absolute Gasteiger partial charge is 0.237 e. The molecule has 0 bridgehead atoms. The Labute approximate surface area is 182 Å². The molecule has 0 spiro atoms. The first-order valence-corrected chi connectivity index (χ1v) is 13.0. The van der Waals surface area contributed by atoms with Gasteiger partial charge in [-0.2, -0.15) is 0 Å². The van der Waals surface area contributed by atoms with E-state index in [1.165, 1.54) is 7.05 Å². The fraction of sp³-hybridized carbons (Fsp3) is 0.350. The Morgan fingerprint density at radius 3 is 2.52 bits per heavy atom. The first-order chi connectivity index (χ1) is 14.5. The van der Waals surface area contributed by atoms with Crippen LogP contribution in [0.3, 0.4) is 0 Å². The van der Waals surface area contributed by atoms with Crippen LogP contribution in [0.5, 0.6) is 0 Å². The molecule has 2 atom stereocenters. The van der Waals surface area contributed by atoms with E-state index in [-0.39, 0.29) is 18.8 Å². The minimum absolute atomic E-state index is 0.201. The first kappa shape index (κ1) is 23.2. The molecule has 1 aliphatic rings. The number of hydrogen-bond donors (Lipinski definition) is 3. The van der Waals surface area contributed by atoms with Gasteiger partial charge in [0.15, 0.2) is 0 Å². The molecule has 2 unspecified atom stereocenters. The molecule has 168 valence electrons. The van der Waals surface area contributed by atoms with Gasteiger partial charge in [0, 0.05) is 13.5 Å². The van der Waals surface area contributed by atoms with Crippen molar-refractivity contribution in [2.45, 2.75) is 25.1 Å². The summed E-state index contributed by atoms with van der Waals surface area (Å²) in [4.78, 5) is 12.8. The van der Waals surface area contributed by atoms with Crippen LogP contribution >= 0.6 is 0 Å². The number of sulfonamides is 2. The van der Waals surface area contributed by atoms with Gasteiger partial charge in [0.1, 0.15) is 0 Å². The van der Waals surface area contributed by atoms with Crippen LogP contribution in [0.4, 0.5) is 5.69 Å². The summed E-state index contributed by atoms with van der Waals surface area (Å²) in [7, 11) is -5.84. The van der Waals surface area contributed by atoms with Crippen molar-refractivity contribution < 1.29 is 26.7 Å². The highest BCUT2D eigenvalue weighted by atomic mass is 32.2. The van der Waals surface area contributed by atoms with Gasteiger partial charge in [-0.1, -0.05) is 42.5 Å². The molecule has 2 aromatic carbocycles. The number of nitrogens with zero attached hydrogens (tertiary/aromatic N) is 1. The van der Waals surface area contributed by atoms with Crippen molar-refractivity contribution in [3.8, 4) is 0 Å². The van der Waals surface area contributed by atoms with Crippen molar-refractivity contribution in [1.29, 1.82) is 0 Å². The molecule has 31 heavy (non-hydrogen) atoms. The van der Waals surface area contributed by atoms with Crippen molar-refractivity contribution in [2.24, 2.45) is 0 Å². The monoisotopic (exact) mass is 467 g/mol. The van der Waals surface area contributed by atoms with Crippen LogP contribution in [0.2, 0.25) is 0 Å². The molecule has 1 heterocycles. The zero-order valence-corrected chi connectivity index (χ0v) is 18.8. The van der Waals surface area contributed by atoms with E-state index in [1.54, 1.807) is 48.5 Å². The lowest BCUT2D eigenvalue weighted by Gasteiger charge is -2.33. The second kappa shape index (κ2) is 8.95. The van der Waals surface area contributed by atoms with Gasteiger partial charge in [0.25, 0.3) is 0 Å². The number of rotatable bonds is 7. The molecule has 0 saturated heterocycles. The number of benzene rings is 2. The predicted octanol–water partition coefficient (Wildman–Crippen LogP) is 0.796. The Bertz CT molecular complexity index is 1170. The summed E-state index contributed by atoms with van der Waals surface area (Å²) in [6.07, 6.45) is 0.812. The lowest BCUT2D eigenvalue weighted by Crippen LogP contribution is -2.44. The Hall–Kier alpha value is -2.47. The zero-order valence-electron chi connectivity index (χ0n) is 17.1. The van der Waals surface area contributed by atoms with Crippen molar-refractivity contribution in [3.63, 3.8) is 0 Å². The largest absolute Gasteiger partial charge is 0.392 e. The first-order valence-electron chi connectivity index (χ1n) is 9.52. The van der Waals surface area contributed by atoms with Crippen LogP contribution in [0.1, 0.15) is 35.2 Å². The van der Waals surface area contributed by atoms with Crippen LogP contribution in [-0.4, -0.2) is 46.9 Å². The van der Waals surface area contributed by atoms with Crippen molar-refractivity contribution in [1.82, 2.24) is 10.0 Å². The fourth-order valence-electron chi connectivity index (χ4n) is 3.55. The SMILES string of the molecule is CN1c2cc(CO)ccc2C(NC(=O)CC(NS(C)(=O)=O)c2ccccc2)CS1(=O)=O. The minimum Gasteiger partial charge on any atom is -0.392 e. The number of anilines is 1. The topological polar surface area (TPSA) is 133 Å². The summed E-state index contributed by atoms with van der Waals surface area (Å²) < 4.78 is 52.3. The van der Waals surface area contributed by atoms with Gasteiger partial charge < -0.3 is 10.4 Å². The molecule has 0 aliphatic carbocycles. The molecule has 0 radical (unpaired) electrons. The van der Waals surface area contributed by atoms with E-state index in [9.17, 15) is 26.7 Å². The van der Waals surface area contributed by atoms with Gasteiger partial charge in [-0.05, 0) is 22.8 Å². The Kier molecular flexibility index (Phi) is 6.70. The number of amides is 1. The highest BCUT2D eigenvalue weighted by molar-refractivity contribution is 7.92. The normalized spacial score (nSPS) is 18.8. The molecule has 3 N–H and O–H groups in total. The molecular formula is C20H25N3O6S2. The maximum atomic E-state index is 12.8. The fourth-order valence-corrected chi connectivity index (χ4v) is 5.65. The van der Waals surface area contributed by atoms with Crippen LogP contribution in [0, 0.1) is 0 Å². The van der Waals surface area contributed by atoms with E-state index < -0.39 is 38.0 Å². The van der Waals surface area contributed by atoms with Gasteiger partial charge in [-0.25, -0.2) is 21.6 Å². The second-order valence-corrected chi connectivity index (χ2v) is 11.3. The molecule has 1 aliphatic heterocycles. The predicted molar refractivity (Wildman–Crippen MR) is 117 cm³/mol. The molecule has 2 aromatic rings. The highest BCUT2D eigenvalue weighted by Gasteiger charge is 2.35. The summed E-state index contributed by atoms with van der Waals surface area (Å²) in [5, 5.41) is 12.1. The molecule has 1 amide bonds. The number of nitrogens with one attached hydrogen (secondary N) is 2. The number of aliphatic hydroxyl groups excluding tert-OH is 1. The summed E-state index contributed by atoms with van der Waals surface area (Å²) in [5.41, 5.74) is 2.16. The van der Waals surface area contributed by atoms with E-state index in [0.29, 0.717) is 22.4 Å². The van der Waals surface area contributed by atoms with Gasteiger partial charge in [-0.15, -0.1) is 0 Å². The number of carbonyl (C=O) groups excluding carboxylic acids is 1. The van der Waals surface area contributed by atoms with Crippen LogP contribution in [-0.2, 0) is 31.4 Å². The van der Waals surface area contributed by atoms with Crippen LogP contribution in [0.25, 0.3) is 0 Å². The number of fused-ring (bicyclic) bond motifs is 1. The van der Waals surface area contributed by atoms with Crippen LogP contribution < -0.4 is 14.3 Å². The lowest BCUT2D eigenvalue weighted by atomic mass is 10.0. The molecule has 0 saturated carbocycles. The van der Waals surface area contributed by atoms with Gasteiger partial charge in [-0.3, -0.25) is 9.10 Å². The zero-order chi connectivity index (χ0) is 22.8. The van der Waals surface area contributed by atoms with E-state index >= 15 is 0 Å². The van der Waals surface area contributed by atoms with Crippen molar-refractivity contribution in [3.05, 3.63) is 65.2 Å². The Morgan fingerprint density at radius 2 is 1.90 bits per heavy atom. The Balaban J connectivity index is 1.86. The average Bonchev–Trinajstić information content (AvgIpc) is 2.70. The van der Waals surface area contributed by atoms with E-state index in [0.717, 1.165) is 10.6 Å². The lowest BCUT2D eigenvalue weighted by molar-refractivity contribution is -0.122. The Morgan fingerprint density at radius 1 is 1.23 bits per heavy atom. The quantitative estimate of drug-likeness (QED) is 0.552. The number of hydrogen-bond acceptors (Lipinski definition) is 6. The molecule has 9 nitrogen and oxygen atoms in total. The third kappa shape index (κ3) is 5.62.